The molecular weight excluding hydrogens is 374 g/mol. The van der Waals surface area contributed by atoms with E-state index in [1.165, 1.54) is 4.31 Å². The molecule has 1 saturated heterocycles. The van der Waals surface area contributed by atoms with E-state index in [1.807, 2.05) is 12.1 Å². The molecule has 1 unspecified atom stereocenters. The summed E-state index contributed by atoms with van der Waals surface area (Å²) < 4.78 is 43.5. The van der Waals surface area contributed by atoms with Gasteiger partial charge in [0.1, 0.15) is 5.75 Å². The molecule has 8 heteroatoms. The quantitative estimate of drug-likeness (QED) is 0.749. The zero-order chi connectivity index (χ0) is 18.7. The average Bonchev–Trinajstić information content (AvgIpc) is 3.18. The third-order valence-electron chi connectivity index (χ3n) is 4.21. The summed E-state index contributed by atoms with van der Waals surface area (Å²) in [5.74, 6) is 2.55. The van der Waals surface area contributed by atoms with Crippen molar-refractivity contribution in [3.8, 4) is 17.2 Å². The molecule has 0 aliphatic carbocycles. The van der Waals surface area contributed by atoms with Gasteiger partial charge in [0, 0.05) is 12.3 Å². The van der Waals surface area contributed by atoms with Gasteiger partial charge in [0.15, 0.2) is 11.5 Å². The summed E-state index contributed by atoms with van der Waals surface area (Å²) in [5.41, 5.74) is 0.863. The minimum Gasteiger partial charge on any atom is -0.497 e. The maximum absolute atomic E-state index is 13.1. The second-order valence-corrected chi connectivity index (χ2v) is 8.71. The minimum atomic E-state index is -3.61. The number of benzene rings is 2. The molecule has 0 spiro atoms. The first-order chi connectivity index (χ1) is 12.5. The zero-order valence-electron chi connectivity index (χ0n) is 14.8. The first-order valence-electron chi connectivity index (χ1n) is 8.00. The summed E-state index contributed by atoms with van der Waals surface area (Å²) in [7, 11) is 1.07. The number of hydrogen-bond donors (Lipinski definition) is 0. The van der Waals surface area contributed by atoms with Crippen molar-refractivity contribution in [1.29, 1.82) is 0 Å². The Kier molecular flexibility index (Phi) is 5.64. The monoisotopic (exact) mass is 395 g/mol. The number of ether oxygens (including phenoxy) is 3. The van der Waals surface area contributed by atoms with Crippen LogP contribution in [0.1, 0.15) is 10.9 Å². The van der Waals surface area contributed by atoms with Crippen LogP contribution in [0.15, 0.2) is 47.4 Å². The molecule has 1 aliphatic heterocycles. The summed E-state index contributed by atoms with van der Waals surface area (Å²) in [6, 6.07) is 12.0. The minimum absolute atomic E-state index is 0.256. The van der Waals surface area contributed by atoms with Crippen LogP contribution >= 0.6 is 11.8 Å². The summed E-state index contributed by atoms with van der Waals surface area (Å²) in [6.45, 7) is 0.456. The smallest absolute Gasteiger partial charge is 0.244 e. The standard InChI is InChI=1S/C18H21NO5S2/c1-22-14-5-7-15(8-6-14)26(20,21)19-10-11-25-18(19)13-4-9-16(23-2)17(12-13)24-3/h4-9,12,18H,10-11H2,1-3H3. The summed E-state index contributed by atoms with van der Waals surface area (Å²) >= 11 is 1.59. The number of rotatable bonds is 6. The predicted molar refractivity (Wildman–Crippen MR) is 102 cm³/mol. The highest BCUT2D eigenvalue weighted by Crippen LogP contribution is 2.43. The second kappa shape index (κ2) is 7.77. The summed E-state index contributed by atoms with van der Waals surface area (Å²) in [4.78, 5) is 0.256. The molecule has 0 N–H and O–H groups in total. The molecule has 0 bridgehead atoms. The van der Waals surface area contributed by atoms with E-state index >= 15 is 0 Å². The van der Waals surface area contributed by atoms with Crippen molar-refractivity contribution in [2.75, 3.05) is 33.6 Å². The Balaban J connectivity index is 1.94. The van der Waals surface area contributed by atoms with E-state index in [2.05, 4.69) is 0 Å². The highest BCUT2D eigenvalue weighted by atomic mass is 32.2. The molecular formula is C18H21NO5S2. The van der Waals surface area contributed by atoms with Crippen LogP contribution in [0, 0.1) is 0 Å². The Hall–Kier alpha value is -1.90. The molecule has 0 saturated carbocycles. The van der Waals surface area contributed by atoms with Gasteiger partial charge in [-0.2, -0.15) is 4.31 Å². The van der Waals surface area contributed by atoms with E-state index in [0.717, 1.165) is 11.3 Å². The second-order valence-electron chi connectivity index (χ2n) is 5.63. The first kappa shape index (κ1) is 18.9. The van der Waals surface area contributed by atoms with Crippen LogP contribution in [-0.4, -0.2) is 46.4 Å². The van der Waals surface area contributed by atoms with Crippen molar-refractivity contribution < 1.29 is 22.6 Å². The van der Waals surface area contributed by atoms with Gasteiger partial charge in [0.05, 0.1) is 31.6 Å². The van der Waals surface area contributed by atoms with Crippen molar-refractivity contribution in [2.24, 2.45) is 0 Å². The van der Waals surface area contributed by atoms with Crippen LogP contribution in [0.25, 0.3) is 0 Å². The molecule has 0 amide bonds. The van der Waals surface area contributed by atoms with Crippen LogP contribution in [0.2, 0.25) is 0 Å². The van der Waals surface area contributed by atoms with Gasteiger partial charge in [-0.1, -0.05) is 6.07 Å². The van der Waals surface area contributed by atoms with Gasteiger partial charge >= 0.3 is 0 Å². The molecule has 1 heterocycles. The van der Waals surface area contributed by atoms with E-state index in [1.54, 1.807) is 63.4 Å². The Morgan fingerprint density at radius 2 is 1.65 bits per heavy atom. The predicted octanol–water partition coefficient (Wildman–Crippen LogP) is 3.15. The SMILES string of the molecule is COc1ccc(S(=O)(=O)N2CCSC2c2ccc(OC)c(OC)c2)cc1. The lowest BCUT2D eigenvalue weighted by molar-refractivity contribution is 0.353. The Morgan fingerprint density at radius 1 is 0.962 bits per heavy atom. The summed E-state index contributed by atoms with van der Waals surface area (Å²) in [5, 5.41) is -0.304. The van der Waals surface area contributed by atoms with Crippen molar-refractivity contribution in [3.63, 3.8) is 0 Å². The van der Waals surface area contributed by atoms with Crippen molar-refractivity contribution in [2.45, 2.75) is 10.3 Å². The highest BCUT2D eigenvalue weighted by molar-refractivity contribution is 8.01. The fraction of sp³-hybridized carbons (Fsp3) is 0.333. The third-order valence-corrected chi connectivity index (χ3v) is 7.48. The van der Waals surface area contributed by atoms with Crippen LogP contribution in [-0.2, 0) is 10.0 Å². The van der Waals surface area contributed by atoms with E-state index in [0.29, 0.717) is 23.8 Å². The fourth-order valence-corrected chi connectivity index (χ4v) is 6.08. The van der Waals surface area contributed by atoms with Crippen molar-refractivity contribution >= 4 is 21.8 Å². The molecule has 26 heavy (non-hydrogen) atoms. The molecule has 140 valence electrons. The Bertz CT molecular complexity index is 868. The van der Waals surface area contributed by atoms with E-state index in [9.17, 15) is 8.42 Å². The molecule has 3 rings (SSSR count). The lowest BCUT2D eigenvalue weighted by atomic mass is 10.2. The van der Waals surface area contributed by atoms with Gasteiger partial charge < -0.3 is 14.2 Å². The molecule has 0 aromatic heterocycles. The summed E-state index contributed by atoms with van der Waals surface area (Å²) in [6.07, 6.45) is 0. The average molecular weight is 396 g/mol. The van der Waals surface area contributed by atoms with Gasteiger partial charge in [-0.3, -0.25) is 0 Å². The highest BCUT2D eigenvalue weighted by Gasteiger charge is 2.37. The normalized spacial score (nSPS) is 17.9. The van der Waals surface area contributed by atoms with Crippen molar-refractivity contribution in [1.82, 2.24) is 4.31 Å². The third kappa shape index (κ3) is 3.49. The Labute approximate surface area is 158 Å². The van der Waals surface area contributed by atoms with E-state index in [4.69, 9.17) is 14.2 Å². The molecule has 1 aliphatic rings. The maximum Gasteiger partial charge on any atom is 0.244 e. The number of hydrogen-bond acceptors (Lipinski definition) is 6. The van der Waals surface area contributed by atoms with E-state index < -0.39 is 10.0 Å². The molecule has 6 nitrogen and oxygen atoms in total. The largest absolute Gasteiger partial charge is 0.497 e. The molecule has 2 aromatic rings. The molecule has 2 aromatic carbocycles. The molecule has 1 fully saturated rings. The van der Waals surface area contributed by atoms with Crippen LogP contribution < -0.4 is 14.2 Å². The van der Waals surface area contributed by atoms with Gasteiger partial charge in [-0.05, 0) is 42.0 Å². The lowest BCUT2D eigenvalue weighted by Crippen LogP contribution is -2.30. The topological polar surface area (TPSA) is 65.1 Å². The number of sulfonamides is 1. The number of methoxy groups -OCH3 is 3. The molecule has 1 atom stereocenters. The van der Waals surface area contributed by atoms with Gasteiger partial charge in [-0.25, -0.2) is 8.42 Å². The van der Waals surface area contributed by atoms with Gasteiger partial charge in [0.2, 0.25) is 10.0 Å². The Morgan fingerprint density at radius 3 is 2.27 bits per heavy atom. The van der Waals surface area contributed by atoms with Gasteiger partial charge in [0.25, 0.3) is 0 Å². The molecule has 0 radical (unpaired) electrons. The van der Waals surface area contributed by atoms with Gasteiger partial charge in [-0.15, -0.1) is 11.8 Å². The maximum atomic E-state index is 13.1. The van der Waals surface area contributed by atoms with Crippen LogP contribution in [0.5, 0.6) is 17.2 Å². The lowest BCUT2D eigenvalue weighted by Gasteiger charge is -2.24. The fourth-order valence-electron chi connectivity index (χ4n) is 2.85. The number of thioether (sulfide) groups is 1. The first-order valence-corrected chi connectivity index (χ1v) is 10.5. The van der Waals surface area contributed by atoms with Crippen LogP contribution in [0.3, 0.4) is 0 Å². The van der Waals surface area contributed by atoms with Crippen LogP contribution in [0.4, 0.5) is 0 Å². The number of nitrogens with zero attached hydrogens (tertiary/aromatic N) is 1. The zero-order valence-corrected chi connectivity index (χ0v) is 16.5. The van der Waals surface area contributed by atoms with E-state index in [-0.39, 0.29) is 10.3 Å². The van der Waals surface area contributed by atoms with Crippen molar-refractivity contribution in [3.05, 3.63) is 48.0 Å².